The van der Waals surface area contributed by atoms with Crippen molar-refractivity contribution in [2.75, 3.05) is 6.61 Å². The first kappa shape index (κ1) is 20.5. The molecule has 0 unspecified atom stereocenters. The number of esters is 1. The van der Waals surface area contributed by atoms with E-state index in [9.17, 15) is 19.8 Å². The van der Waals surface area contributed by atoms with Gasteiger partial charge in [0.05, 0.1) is 25.0 Å². The molecule has 0 amide bonds. The number of hydrogen-bond donors (Lipinski definition) is 2. The molecule has 1 heterocycles. The Bertz CT molecular complexity index is 838. The van der Waals surface area contributed by atoms with Gasteiger partial charge in [0.15, 0.2) is 5.76 Å². The largest absolute Gasteiger partial charge is 0.502 e. The average molecular weight is 376 g/mol. The molecule has 7 nitrogen and oxygen atoms in total. The second kappa shape index (κ2) is 9.23. The molecular formula is C20H24O7. The van der Waals surface area contributed by atoms with Crippen LogP contribution in [0.4, 0.5) is 0 Å². The SMILES string of the molecule is CCOC(=O)C[C@H](c1ccccc1OC(C)C)c1oc(CO)cc(=O)c1O. The molecule has 0 spiro atoms. The highest BCUT2D eigenvalue weighted by atomic mass is 16.5. The molecule has 2 N–H and O–H groups in total. The molecule has 1 aromatic carbocycles. The van der Waals surface area contributed by atoms with Gasteiger partial charge in [-0.15, -0.1) is 0 Å². The fraction of sp³-hybridized carbons (Fsp3) is 0.400. The number of aliphatic hydroxyl groups excluding tert-OH is 1. The molecule has 0 aliphatic rings. The Kier molecular flexibility index (Phi) is 7.01. The maximum atomic E-state index is 12.2. The van der Waals surface area contributed by atoms with Gasteiger partial charge in [0, 0.05) is 11.6 Å². The molecule has 0 radical (unpaired) electrons. The van der Waals surface area contributed by atoms with E-state index < -0.39 is 29.7 Å². The number of carbonyl (C=O) groups is 1. The molecule has 2 rings (SSSR count). The van der Waals surface area contributed by atoms with Gasteiger partial charge in [0.2, 0.25) is 11.2 Å². The zero-order chi connectivity index (χ0) is 20.0. The monoisotopic (exact) mass is 376 g/mol. The Morgan fingerprint density at radius 2 is 1.96 bits per heavy atom. The third kappa shape index (κ3) is 5.10. The van der Waals surface area contributed by atoms with Crippen molar-refractivity contribution in [2.45, 2.75) is 45.8 Å². The predicted octanol–water partition coefficient (Wildman–Crippen LogP) is 2.71. The first-order chi connectivity index (χ1) is 12.9. The molecule has 0 bridgehead atoms. The molecule has 0 aliphatic heterocycles. The van der Waals surface area contributed by atoms with E-state index in [1.807, 2.05) is 13.8 Å². The number of rotatable bonds is 8. The number of benzene rings is 1. The minimum Gasteiger partial charge on any atom is -0.502 e. The van der Waals surface area contributed by atoms with E-state index in [-0.39, 0.29) is 30.7 Å². The third-order valence-corrected chi connectivity index (χ3v) is 3.81. The van der Waals surface area contributed by atoms with E-state index in [1.54, 1.807) is 31.2 Å². The first-order valence-electron chi connectivity index (χ1n) is 8.75. The van der Waals surface area contributed by atoms with Gasteiger partial charge >= 0.3 is 5.97 Å². The Morgan fingerprint density at radius 1 is 1.26 bits per heavy atom. The zero-order valence-electron chi connectivity index (χ0n) is 15.6. The highest BCUT2D eigenvalue weighted by Gasteiger charge is 2.29. The molecule has 1 aromatic heterocycles. The maximum Gasteiger partial charge on any atom is 0.306 e. The maximum absolute atomic E-state index is 12.2. The predicted molar refractivity (Wildman–Crippen MR) is 97.9 cm³/mol. The summed E-state index contributed by atoms with van der Waals surface area (Å²) in [5.74, 6) is -1.57. The molecule has 0 fully saturated rings. The number of carbonyl (C=O) groups excluding carboxylic acids is 1. The lowest BCUT2D eigenvalue weighted by Gasteiger charge is -2.21. The van der Waals surface area contributed by atoms with Crippen molar-refractivity contribution < 1.29 is 28.9 Å². The molecule has 0 aliphatic carbocycles. The van der Waals surface area contributed by atoms with Crippen molar-refractivity contribution >= 4 is 5.97 Å². The van der Waals surface area contributed by atoms with Crippen LogP contribution in [0.3, 0.4) is 0 Å². The van der Waals surface area contributed by atoms with Crippen LogP contribution in [-0.2, 0) is 16.1 Å². The summed E-state index contributed by atoms with van der Waals surface area (Å²) in [6.07, 6.45) is -0.295. The lowest BCUT2D eigenvalue weighted by atomic mass is 9.91. The molecule has 7 heteroatoms. The van der Waals surface area contributed by atoms with E-state index in [2.05, 4.69) is 0 Å². The highest BCUT2D eigenvalue weighted by Crippen LogP contribution is 2.38. The van der Waals surface area contributed by atoms with Crippen LogP contribution in [0, 0.1) is 0 Å². The summed E-state index contributed by atoms with van der Waals surface area (Å²) in [5.41, 5.74) is -0.135. The van der Waals surface area contributed by atoms with Gasteiger partial charge in [-0.2, -0.15) is 0 Å². The minimum absolute atomic E-state index is 0.0103. The number of para-hydroxylation sites is 1. The second-order valence-corrected chi connectivity index (χ2v) is 6.21. The van der Waals surface area contributed by atoms with Crippen LogP contribution in [0.15, 0.2) is 39.5 Å². The van der Waals surface area contributed by atoms with Crippen LogP contribution in [0.25, 0.3) is 0 Å². The Morgan fingerprint density at radius 3 is 2.59 bits per heavy atom. The van der Waals surface area contributed by atoms with Crippen LogP contribution < -0.4 is 10.2 Å². The van der Waals surface area contributed by atoms with Crippen LogP contribution in [0.2, 0.25) is 0 Å². The summed E-state index contributed by atoms with van der Waals surface area (Å²) in [4.78, 5) is 24.2. The van der Waals surface area contributed by atoms with Crippen molar-refractivity contribution in [2.24, 2.45) is 0 Å². The molecule has 0 saturated carbocycles. The third-order valence-electron chi connectivity index (χ3n) is 3.81. The van der Waals surface area contributed by atoms with E-state index in [1.165, 1.54) is 0 Å². The van der Waals surface area contributed by atoms with Crippen molar-refractivity contribution in [1.29, 1.82) is 0 Å². The summed E-state index contributed by atoms with van der Waals surface area (Å²) in [6, 6.07) is 8.01. The summed E-state index contributed by atoms with van der Waals surface area (Å²) < 4.78 is 16.4. The highest BCUT2D eigenvalue weighted by molar-refractivity contribution is 5.71. The van der Waals surface area contributed by atoms with Gasteiger partial charge in [-0.05, 0) is 26.8 Å². The van der Waals surface area contributed by atoms with Gasteiger partial charge in [-0.3, -0.25) is 9.59 Å². The van der Waals surface area contributed by atoms with E-state index in [0.717, 1.165) is 6.07 Å². The van der Waals surface area contributed by atoms with Gasteiger partial charge in [0.25, 0.3) is 0 Å². The number of aromatic hydroxyl groups is 1. The molecular weight excluding hydrogens is 352 g/mol. The Hall–Kier alpha value is -2.80. The summed E-state index contributed by atoms with van der Waals surface area (Å²) >= 11 is 0. The summed E-state index contributed by atoms with van der Waals surface area (Å²) in [5, 5.41) is 19.6. The summed E-state index contributed by atoms with van der Waals surface area (Å²) in [7, 11) is 0. The van der Waals surface area contributed by atoms with Crippen LogP contribution in [0.5, 0.6) is 11.5 Å². The van der Waals surface area contributed by atoms with Crippen molar-refractivity contribution in [3.63, 3.8) is 0 Å². The van der Waals surface area contributed by atoms with Gasteiger partial charge in [-0.25, -0.2) is 0 Å². The lowest BCUT2D eigenvalue weighted by Crippen LogP contribution is -2.16. The molecule has 146 valence electrons. The Labute approximate surface area is 157 Å². The molecule has 0 saturated heterocycles. The normalized spacial score (nSPS) is 12.0. The van der Waals surface area contributed by atoms with Crippen molar-refractivity contribution in [3.05, 3.63) is 57.6 Å². The van der Waals surface area contributed by atoms with E-state index in [0.29, 0.717) is 11.3 Å². The van der Waals surface area contributed by atoms with Gasteiger partial charge in [-0.1, -0.05) is 18.2 Å². The van der Waals surface area contributed by atoms with Crippen LogP contribution in [0.1, 0.15) is 50.2 Å². The van der Waals surface area contributed by atoms with Crippen LogP contribution >= 0.6 is 0 Å². The van der Waals surface area contributed by atoms with Crippen LogP contribution in [-0.4, -0.2) is 28.9 Å². The standard InChI is InChI=1S/C20H24O7/c1-4-25-18(23)10-15(14-7-5-6-8-17(14)26-12(2)3)20-19(24)16(22)9-13(11-21)27-20/h5-9,12,15,21,24H,4,10-11H2,1-3H3/t15-/m1/s1. The number of ether oxygens (including phenoxy) is 2. The molecule has 2 aromatic rings. The fourth-order valence-corrected chi connectivity index (χ4v) is 2.73. The van der Waals surface area contributed by atoms with Gasteiger partial charge in [0.1, 0.15) is 18.1 Å². The first-order valence-corrected chi connectivity index (χ1v) is 8.75. The molecule has 1 atom stereocenters. The average Bonchev–Trinajstić information content (AvgIpc) is 2.62. The number of hydrogen-bond acceptors (Lipinski definition) is 7. The minimum atomic E-state index is -0.821. The topological polar surface area (TPSA) is 106 Å². The second-order valence-electron chi connectivity index (χ2n) is 6.21. The van der Waals surface area contributed by atoms with Crippen molar-refractivity contribution in [3.8, 4) is 11.5 Å². The Balaban J connectivity index is 2.62. The number of aliphatic hydroxyl groups is 1. The van der Waals surface area contributed by atoms with E-state index >= 15 is 0 Å². The zero-order valence-corrected chi connectivity index (χ0v) is 15.6. The lowest BCUT2D eigenvalue weighted by molar-refractivity contribution is -0.143. The molecule has 27 heavy (non-hydrogen) atoms. The van der Waals surface area contributed by atoms with Gasteiger partial charge < -0.3 is 24.1 Å². The van der Waals surface area contributed by atoms with E-state index in [4.69, 9.17) is 13.9 Å². The fourth-order valence-electron chi connectivity index (χ4n) is 2.73. The van der Waals surface area contributed by atoms with Crippen molar-refractivity contribution in [1.82, 2.24) is 0 Å². The summed E-state index contributed by atoms with van der Waals surface area (Å²) in [6.45, 7) is 5.09. The quantitative estimate of drug-likeness (QED) is 0.682. The smallest absolute Gasteiger partial charge is 0.306 e.